The molecule has 0 aromatic rings. The molecule has 1 nitrogen and oxygen atoms in total. The minimum absolute atomic E-state index is 1.13. The van der Waals surface area contributed by atoms with Gasteiger partial charge in [-0.2, -0.15) is 0 Å². The van der Waals surface area contributed by atoms with Crippen LogP contribution < -0.4 is 0 Å². The lowest BCUT2D eigenvalue weighted by Crippen LogP contribution is -2.31. The van der Waals surface area contributed by atoms with Gasteiger partial charge in [-0.05, 0) is 38.6 Å². The zero-order chi connectivity index (χ0) is 9.10. The molecule has 2 rings (SSSR count). The van der Waals surface area contributed by atoms with E-state index in [-0.39, 0.29) is 0 Å². The van der Waals surface area contributed by atoms with Gasteiger partial charge >= 0.3 is 0 Å². The number of likely N-dealkylation sites (tertiary alicyclic amines) is 1. The number of rotatable bonds is 2. The summed E-state index contributed by atoms with van der Waals surface area (Å²) in [5.41, 5.74) is 3.09. The van der Waals surface area contributed by atoms with Crippen LogP contribution in [0.1, 0.15) is 32.1 Å². The van der Waals surface area contributed by atoms with Gasteiger partial charge in [-0.3, -0.25) is 4.90 Å². The molecule has 0 atom stereocenters. The van der Waals surface area contributed by atoms with E-state index in [1.54, 1.807) is 5.57 Å². The SMILES string of the molecule is C=C1CCCN(CC=C2CCC2)C1. The minimum Gasteiger partial charge on any atom is -0.296 e. The van der Waals surface area contributed by atoms with Gasteiger partial charge in [-0.15, -0.1) is 0 Å². The molecule has 0 bridgehead atoms. The molecule has 0 spiro atoms. The Morgan fingerprint density at radius 2 is 2.08 bits per heavy atom. The number of nitrogens with zero attached hydrogens (tertiary/aromatic N) is 1. The van der Waals surface area contributed by atoms with Crippen LogP contribution in [0.3, 0.4) is 0 Å². The predicted octanol–water partition coefficient (Wildman–Crippen LogP) is 2.75. The Balaban J connectivity index is 1.77. The molecule has 1 aliphatic carbocycles. The smallest absolute Gasteiger partial charge is 0.0193 e. The van der Waals surface area contributed by atoms with Crippen molar-refractivity contribution in [3.63, 3.8) is 0 Å². The lowest BCUT2D eigenvalue weighted by molar-refractivity contribution is 0.292. The standard InChI is InChI=1S/C12H19N/c1-11-4-3-8-13(10-11)9-7-12-5-2-6-12/h7H,1-6,8-10H2. The van der Waals surface area contributed by atoms with E-state index in [0.29, 0.717) is 0 Å². The molecule has 1 saturated carbocycles. The highest BCUT2D eigenvalue weighted by atomic mass is 15.1. The third-order valence-electron chi connectivity index (χ3n) is 3.09. The monoisotopic (exact) mass is 177 g/mol. The molecular formula is C12H19N. The summed E-state index contributed by atoms with van der Waals surface area (Å²) < 4.78 is 0. The van der Waals surface area contributed by atoms with Crippen LogP contribution >= 0.6 is 0 Å². The molecule has 0 radical (unpaired) electrons. The fourth-order valence-corrected chi connectivity index (χ4v) is 2.03. The van der Waals surface area contributed by atoms with E-state index < -0.39 is 0 Å². The molecule has 13 heavy (non-hydrogen) atoms. The Hall–Kier alpha value is -0.560. The molecule has 1 aliphatic heterocycles. The van der Waals surface area contributed by atoms with Gasteiger partial charge in [-0.25, -0.2) is 0 Å². The Labute approximate surface area is 81.1 Å². The normalized spacial score (nSPS) is 24.3. The van der Waals surface area contributed by atoms with Crippen LogP contribution in [-0.4, -0.2) is 24.5 Å². The van der Waals surface area contributed by atoms with Gasteiger partial charge < -0.3 is 0 Å². The summed E-state index contributed by atoms with van der Waals surface area (Å²) in [7, 11) is 0. The third kappa shape index (κ3) is 2.44. The lowest BCUT2D eigenvalue weighted by atomic mass is 9.92. The van der Waals surface area contributed by atoms with Crippen molar-refractivity contribution in [3.8, 4) is 0 Å². The zero-order valence-electron chi connectivity index (χ0n) is 8.39. The average Bonchev–Trinajstić information content (AvgIpc) is 2.01. The van der Waals surface area contributed by atoms with Crippen molar-refractivity contribution in [3.05, 3.63) is 23.8 Å². The van der Waals surface area contributed by atoms with E-state index in [9.17, 15) is 0 Å². The van der Waals surface area contributed by atoms with Gasteiger partial charge in [0.25, 0.3) is 0 Å². The molecular weight excluding hydrogens is 158 g/mol. The summed E-state index contributed by atoms with van der Waals surface area (Å²) >= 11 is 0. The molecule has 2 aliphatic rings. The van der Waals surface area contributed by atoms with E-state index >= 15 is 0 Å². The largest absolute Gasteiger partial charge is 0.296 e. The van der Waals surface area contributed by atoms with Crippen LogP contribution in [0.5, 0.6) is 0 Å². The molecule has 1 saturated heterocycles. The number of hydrogen-bond donors (Lipinski definition) is 0. The first-order valence-corrected chi connectivity index (χ1v) is 5.41. The van der Waals surface area contributed by atoms with E-state index in [4.69, 9.17) is 0 Å². The summed E-state index contributed by atoms with van der Waals surface area (Å²) in [6, 6.07) is 0. The van der Waals surface area contributed by atoms with E-state index in [1.165, 1.54) is 44.2 Å². The highest BCUT2D eigenvalue weighted by Crippen LogP contribution is 2.25. The van der Waals surface area contributed by atoms with Gasteiger partial charge in [0.2, 0.25) is 0 Å². The van der Waals surface area contributed by atoms with Crippen molar-refractivity contribution in [2.24, 2.45) is 0 Å². The number of piperidine rings is 1. The summed E-state index contributed by atoms with van der Waals surface area (Å²) in [5.74, 6) is 0. The van der Waals surface area contributed by atoms with Crippen molar-refractivity contribution < 1.29 is 0 Å². The Bertz CT molecular complexity index is 221. The van der Waals surface area contributed by atoms with Crippen LogP contribution in [-0.2, 0) is 0 Å². The quantitative estimate of drug-likeness (QED) is 0.586. The van der Waals surface area contributed by atoms with Gasteiger partial charge in [0, 0.05) is 13.1 Å². The maximum absolute atomic E-state index is 4.06. The lowest BCUT2D eigenvalue weighted by Gasteiger charge is -2.28. The fraction of sp³-hybridized carbons (Fsp3) is 0.667. The van der Waals surface area contributed by atoms with Crippen molar-refractivity contribution in [2.45, 2.75) is 32.1 Å². The van der Waals surface area contributed by atoms with Crippen molar-refractivity contribution in [1.29, 1.82) is 0 Å². The molecule has 0 aromatic carbocycles. The molecule has 0 unspecified atom stereocenters. The van der Waals surface area contributed by atoms with Crippen molar-refractivity contribution in [1.82, 2.24) is 4.90 Å². The maximum atomic E-state index is 4.06. The predicted molar refractivity (Wildman–Crippen MR) is 56.7 cm³/mol. The highest BCUT2D eigenvalue weighted by Gasteiger charge is 2.13. The Kier molecular flexibility index (Phi) is 2.84. The molecule has 2 fully saturated rings. The minimum atomic E-state index is 1.13. The van der Waals surface area contributed by atoms with Crippen LogP contribution in [0, 0.1) is 0 Å². The van der Waals surface area contributed by atoms with Gasteiger partial charge in [0.1, 0.15) is 0 Å². The van der Waals surface area contributed by atoms with Crippen molar-refractivity contribution in [2.75, 3.05) is 19.6 Å². The Morgan fingerprint density at radius 1 is 1.23 bits per heavy atom. The first-order valence-electron chi connectivity index (χ1n) is 5.41. The Morgan fingerprint density at radius 3 is 2.69 bits per heavy atom. The summed E-state index contributed by atoms with van der Waals surface area (Å²) in [6.45, 7) is 7.62. The highest BCUT2D eigenvalue weighted by molar-refractivity contribution is 5.11. The van der Waals surface area contributed by atoms with Crippen LogP contribution in [0.25, 0.3) is 0 Å². The summed E-state index contributed by atoms with van der Waals surface area (Å²) in [5, 5.41) is 0. The summed E-state index contributed by atoms with van der Waals surface area (Å²) in [4.78, 5) is 2.51. The second-order valence-corrected chi connectivity index (χ2v) is 4.30. The summed E-state index contributed by atoms with van der Waals surface area (Å²) in [6.07, 6.45) is 9.11. The first kappa shape index (κ1) is 9.01. The van der Waals surface area contributed by atoms with Crippen LogP contribution in [0.15, 0.2) is 23.8 Å². The second-order valence-electron chi connectivity index (χ2n) is 4.30. The van der Waals surface area contributed by atoms with Crippen LogP contribution in [0.4, 0.5) is 0 Å². The second kappa shape index (κ2) is 4.10. The maximum Gasteiger partial charge on any atom is 0.0193 e. The molecule has 1 heterocycles. The van der Waals surface area contributed by atoms with Gasteiger partial charge in [0.05, 0.1) is 0 Å². The molecule has 1 heteroatoms. The van der Waals surface area contributed by atoms with E-state index in [1.807, 2.05) is 0 Å². The zero-order valence-corrected chi connectivity index (χ0v) is 8.39. The van der Waals surface area contributed by atoms with Gasteiger partial charge in [-0.1, -0.05) is 23.8 Å². The number of allylic oxidation sites excluding steroid dienone is 1. The van der Waals surface area contributed by atoms with E-state index in [2.05, 4.69) is 17.6 Å². The number of hydrogen-bond acceptors (Lipinski definition) is 1. The molecule has 72 valence electrons. The molecule has 0 N–H and O–H groups in total. The van der Waals surface area contributed by atoms with Crippen LogP contribution in [0.2, 0.25) is 0 Å². The third-order valence-corrected chi connectivity index (χ3v) is 3.09. The van der Waals surface area contributed by atoms with Crippen molar-refractivity contribution >= 4 is 0 Å². The topological polar surface area (TPSA) is 3.24 Å². The average molecular weight is 177 g/mol. The first-order chi connectivity index (χ1) is 6.34. The molecule has 0 aromatic heterocycles. The fourth-order valence-electron chi connectivity index (χ4n) is 2.03. The molecule has 0 amide bonds. The van der Waals surface area contributed by atoms with Gasteiger partial charge in [0.15, 0.2) is 0 Å². The van der Waals surface area contributed by atoms with E-state index in [0.717, 1.165) is 13.1 Å².